The number of imidazole rings is 1. The van der Waals surface area contributed by atoms with Gasteiger partial charge in [0.25, 0.3) is 11.8 Å². The number of nitrogens with one attached hydrogen (secondary N) is 2. The van der Waals surface area contributed by atoms with Crippen molar-refractivity contribution in [3.63, 3.8) is 0 Å². The molecule has 27 heavy (non-hydrogen) atoms. The van der Waals surface area contributed by atoms with Gasteiger partial charge < -0.3 is 15.4 Å². The summed E-state index contributed by atoms with van der Waals surface area (Å²) in [5, 5.41) is 5.69. The molecule has 0 radical (unpaired) electrons. The molecule has 0 saturated carbocycles. The van der Waals surface area contributed by atoms with E-state index in [1.54, 1.807) is 60.2 Å². The van der Waals surface area contributed by atoms with E-state index in [1.165, 1.54) is 0 Å². The van der Waals surface area contributed by atoms with Crippen LogP contribution in [0.4, 0.5) is 5.69 Å². The predicted octanol–water partition coefficient (Wildman–Crippen LogP) is 3.12. The topological polar surface area (TPSA) is 84.7 Å². The number of pyridine rings is 1. The van der Waals surface area contributed by atoms with Crippen molar-refractivity contribution in [3.8, 4) is 5.75 Å². The molecule has 1 aromatic carbocycles. The zero-order valence-corrected chi connectivity index (χ0v) is 15.5. The van der Waals surface area contributed by atoms with Crippen LogP contribution in [0.25, 0.3) is 5.52 Å². The first kappa shape index (κ1) is 18.4. The Bertz CT molecular complexity index is 980. The maximum absolute atomic E-state index is 12.8. The monoisotopic (exact) mass is 366 g/mol. The van der Waals surface area contributed by atoms with Crippen LogP contribution in [0.3, 0.4) is 0 Å². The van der Waals surface area contributed by atoms with Crippen LogP contribution >= 0.6 is 0 Å². The highest BCUT2D eigenvalue weighted by molar-refractivity contribution is 6.06. The van der Waals surface area contributed by atoms with Crippen molar-refractivity contribution in [2.75, 3.05) is 12.4 Å². The second-order valence-electron chi connectivity index (χ2n) is 6.21. The smallest absolute Gasteiger partial charge is 0.292 e. The lowest BCUT2D eigenvalue weighted by molar-refractivity contribution is 0.0936. The minimum atomic E-state index is -0.410. The Morgan fingerprint density at radius 3 is 2.74 bits per heavy atom. The number of methoxy groups -OCH3 is 1. The van der Waals surface area contributed by atoms with E-state index in [9.17, 15) is 9.59 Å². The number of anilines is 1. The van der Waals surface area contributed by atoms with Crippen molar-refractivity contribution < 1.29 is 14.3 Å². The lowest BCUT2D eigenvalue weighted by atomic mass is 10.2. The fourth-order valence-electron chi connectivity index (χ4n) is 2.65. The second kappa shape index (κ2) is 7.90. The summed E-state index contributed by atoms with van der Waals surface area (Å²) in [5.41, 5.74) is 1.39. The number of nitrogens with zero attached hydrogens (tertiary/aromatic N) is 2. The molecular weight excluding hydrogens is 344 g/mol. The van der Waals surface area contributed by atoms with Gasteiger partial charge in [-0.1, -0.05) is 19.1 Å². The van der Waals surface area contributed by atoms with Crippen molar-refractivity contribution >= 4 is 23.0 Å². The van der Waals surface area contributed by atoms with E-state index in [1.807, 2.05) is 13.8 Å². The summed E-state index contributed by atoms with van der Waals surface area (Å²) in [6.45, 7) is 3.91. The Morgan fingerprint density at radius 2 is 2.00 bits per heavy atom. The van der Waals surface area contributed by atoms with Gasteiger partial charge in [0.15, 0.2) is 5.69 Å². The normalized spacial score (nSPS) is 11.8. The van der Waals surface area contributed by atoms with E-state index >= 15 is 0 Å². The number of rotatable bonds is 6. The van der Waals surface area contributed by atoms with Crippen molar-refractivity contribution in [1.82, 2.24) is 14.7 Å². The minimum Gasteiger partial charge on any atom is -0.497 e. The zero-order chi connectivity index (χ0) is 19.4. The molecule has 1 unspecified atom stereocenters. The minimum absolute atomic E-state index is 0.0204. The SMILES string of the molecule is CCC(C)NC(=O)c1nc(C(=O)Nc2cccc(OC)c2)n2ccccc12. The van der Waals surface area contributed by atoms with Gasteiger partial charge in [-0.15, -0.1) is 0 Å². The predicted molar refractivity (Wildman–Crippen MR) is 103 cm³/mol. The number of fused-ring (bicyclic) bond motifs is 1. The third kappa shape index (κ3) is 3.92. The number of carbonyl (C=O) groups is 2. The molecule has 2 amide bonds. The summed E-state index contributed by atoms with van der Waals surface area (Å²) in [4.78, 5) is 29.7. The molecule has 2 heterocycles. The molecular formula is C20H22N4O3. The van der Waals surface area contributed by atoms with Crippen LogP contribution in [0, 0.1) is 0 Å². The summed E-state index contributed by atoms with van der Waals surface area (Å²) >= 11 is 0. The Labute approximate surface area is 157 Å². The third-order valence-electron chi connectivity index (χ3n) is 4.28. The van der Waals surface area contributed by atoms with Crippen LogP contribution in [0.2, 0.25) is 0 Å². The fraction of sp³-hybridized carbons (Fsp3) is 0.250. The van der Waals surface area contributed by atoms with E-state index in [-0.39, 0.29) is 23.5 Å². The number of aromatic nitrogens is 2. The Hall–Kier alpha value is -3.35. The number of benzene rings is 1. The van der Waals surface area contributed by atoms with E-state index in [2.05, 4.69) is 15.6 Å². The first-order valence-corrected chi connectivity index (χ1v) is 8.76. The summed E-state index contributed by atoms with van der Waals surface area (Å²) in [7, 11) is 1.56. The number of carbonyl (C=O) groups excluding carboxylic acids is 2. The summed E-state index contributed by atoms with van der Waals surface area (Å²) < 4.78 is 6.78. The molecule has 3 aromatic rings. The molecule has 2 N–H and O–H groups in total. The van der Waals surface area contributed by atoms with Crippen molar-refractivity contribution in [3.05, 3.63) is 60.2 Å². The van der Waals surface area contributed by atoms with Crippen molar-refractivity contribution in [1.29, 1.82) is 0 Å². The molecule has 0 aliphatic carbocycles. The average molecular weight is 366 g/mol. The maximum atomic E-state index is 12.8. The van der Waals surface area contributed by atoms with Gasteiger partial charge in [0, 0.05) is 24.0 Å². The molecule has 0 spiro atoms. The molecule has 140 valence electrons. The Balaban J connectivity index is 1.94. The highest BCUT2D eigenvalue weighted by Gasteiger charge is 2.22. The molecule has 0 saturated heterocycles. The number of amides is 2. The van der Waals surface area contributed by atoms with Gasteiger partial charge in [-0.05, 0) is 37.6 Å². The Kier molecular flexibility index (Phi) is 5.40. The molecule has 7 nitrogen and oxygen atoms in total. The first-order valence-electron chi connectivity index (χ1n) is 8.76. The van der Waals surface area contributed by atoms with Crippen LogP contribution in [0.1, 0.15) is 41.4 Å². The van der Waals surface area contributed by atoms with Crippen molar-refractivity contribution in [2.24, 2.45) is 0 Å². The average Bonchev–Trinajstić information content (AvgIpc) is 3.08. The van der Waals surface area contributed by atoms with Gasteiger partial charge >= 0.3 is 0 Å². The van der Waals surface area contributed by atoms with Gasteiger partial charge in [-0.25, -0.2) is 4.98 Å². The summed E-state index contributed by atoms with van der Waals surface area (Å²) in [5.74, 6) is 0.0673. The summed E-state index contributed by atoms with van der Waals surface area (Å²) in [6.07, 6.45) is 2.52. The second-order valence-corrected chi connectivity index (χ2v) is 6.21. The van der Waals surface area contributed by atoms with Crippen LogP contribution in [-0.2, 0) is 0 Å². The molecule has 7 heteroatoms. The van der Waals surface area contributed by atoms with Crippen LogP contribution in [-0.4, -0.2) is 34.4 Å². The summed E-state index contributed by atoms with van der Waals surface area (Å²) in [6, 6.07) is 12.4. The standard InChI is InChI=1S/C20H22N4O3/c1-4-13(2)21-19(25)17-16-10-5-6-11-24(16)18(23-17)20(26)22-14-8-7-9-15(12-14)27-3/h5-13H,4H2,1-3H3,(H,21,25)(H,22,26). The van der Waals surface area contributed by atoms with Crippen LogP contribution in [0.15, 0.2) is 48.7 Å². The largest absolute Gasteiger partial charge is 0.497 e. The van der Waals surface area contributed by atoms with Crippen LogP contribution < -0.4 is 15.4 Å². The number of hydrogen-bond acceptors (Lipinski definition) is 4. The van der Waals surface area contributed by atoms with Gasteiger partial charge in [-0.2, -0.15) is 0 Å². The van der Waals surface area contributed by atoms with E-state index in [0.717, 1.165) is 6.42 Å². The number of ether oxygens (including phenoxy) is 1. The first-order chi connectivity index (χ1) is 13.0. The van der Waals surface area contributed by atoms with E-state index < -0.39 is 5.91 Å². The van der Waals surface area contributed by atoms with Gasteiger partial charge in [-0.3, -0.25) is 14.0 Å². The molecule has 0 aliphatic rings. The highest BCUT2D eigenvalue weighted by Crippen LogP contribution is 2.19. The van der Waals surface area contributed by atoms with Gasteiger partial charge in [0.1, 0.15) is 5.75 Å². The number of hydrogen-bond donors (Lipinski definition) is 2. The highest BCUT2D eigenvalue weighted by atomic mass is 16.5. The van der Waals surface area contributed by atoms with Crippen molar-refractivity contribution in [2.45, 2.75) is 26.3 Å². The molecule has 0 fully saturated rings. The van der Waals surface area contributed by atoms with Gasteiger partial charge in [0.2, 0.25) is 5.82 Å². The molecule has 0 aliphatic heterocycles. The Morgan fingerprint density at radius 1 is 1.19 bits per heavy atom. The lowest BCUT2D eigenvalue weighted by Crippen LogP contribution is -2.32. The molecule has 0 bridgehead atoms. The molecule has 3 rings (SSSR count). The zero-order valence-electron chi connectivity index (χ0n) is 15.5. The van der Waals surface area contributed by atoms with Gasteiger partial charge in [0.05, 0.1) is 12.6 Å². The molecule has 1 atom stereocenters. The fourth-order valence-corrected chi connectivity index (χ4v) is 2.65. The lowest BCUT2D eigenvalue weighted by Gasteiger charge is -2.09. The quantitative estimate of drug-likeness (QED) is 0.702. The van der Waals surface area contributed by atoms with E-state index in [0.29, 0.717) is 17.0 Å². The maximum Gasteiger partial charge on any atom is 0.292 e. The molecule has 2 aromatic heterocycles. The van der Waals surface area contributed by atoms with E-state index in [4.69, 9.17) is 4.74 Å². The van der Waals surface area contributed by atoms with Crippen LogP contribution in [0.5, 0.6) is 5.75 Å². The third-order valence-corrected chi connectivity index (χ3v) is 4.28.